The molecule has 0 fully saturated rings. The fourth-order valence-electron chi connectivity index (χ4n) is 4.03. The van der Waals surface area contributed by atoms with Crippen LogP contribution < -0.4 is 14.8 Å². The maximum atomic E-state index is 12.8. The lowest BCUT2D eigenvalue weighted by molar-refractivity contribution is -0.128. The van der Waals surface area contributed by atoms with Gasteiger partial charge in [-0.05, 0) is 53.5 Å². The zero-order chi connectivity index (χ0) is 24.2. The fourth-order valence-corrected chi connectivity index (χ4v) is 4.03. The van der Waals surface area contributed by atoms with Crippen LogP contribution in [-0.4, -0.2) is 47.4 Å². The molecule has 8 nitrogen and oxygen atoms in total. The van der Waals surface area contributed by atoms with E-state index in [1.54, 1.807) is 25.3 Å². The average molecular weight is 463 g/mol. The molecule has 0 atom stereocenters. The third-order valence-corrected chi connectivity index (χ3v) is 5.74. The number of nitrogens with zero attached hydrogens (tertiary/aromatic N) is 2. The van der Waals surface area contributed by atoms with Crippen molar-refractivity contribution in [1.82, 2.24) is 14.9 Å². The van der Waals surface area contributed by atoms with E-state index in [9.17, 15) is 9.59 Å². The van der Waals surface area contributed by atoms with Gasteiger partial charge in [-0.3, -0.25) is 9.59 Å². The average Bonchev–Trinajstić information content (AvgIpc) is 3.12. The van der Waals surface area contributed by atoms with Gasteiger partial charge in [-0.15, -0.1) is 0 Å². The van der Waals surface area contributed by atoms with Crippen molar-refractivity contribution in [2.24, 2.45) is 5.92 Å². The highest BCUT2D eigenvalue weighted by Crippen LogP contribution is 2.32. The Kier molecular flexibility index (Phi) is 6.86. The summed E-state index contributed by atoms with van der Waals surface area (Å²) in [7, 11) is 3.15. The zero-order valence-corrected chi connectivity index (χ0v) is 20.0. The molecule has 4 rings (SSSR count). The van der Waals surface area contributed by atoms with Gasteiger partial charge >= 0.3 is 0 Å². The Morgan fingerprint density at radius 2 is 1.94 bits per heavy atom. The van der Waals surface area contributed by atoms with E-state index in [-0.39, 0.29) is 31.2 Å². The Hall–Kier alpha value is -3.81. The number of H-pyrrole nitrogens is 1. The van der Waals surface area contributed by atoms with Crippen molar-refractivity contribution in [3.05, 3.63) is 53.5 Å². The third kappa shape index (κ3) is 5.22. The van der Waals surface area contributed by atoms with Gasteiger partial charge in [-0.25, -0.2) is 4.98 Å². The lowest BCUT2D eigenvalue weighted by Gasteiger charge is -2.17. The number of benzene rings is 2. The number of imidazole rings is 1. The molecule has 2 aromatic carbocycles. The van der Waals surface area contributed by atoms with Gasteiger partial charge in [0.05, 0.1) is 31.7 Å². The first kappa shape index (κ1) is 23.4. The molecule has 8 heteroatoms. The molecule has 0 bridgehead atoms. The number of carbonyl (C=O) groups excluding carboxylic acids is 2. The second-order valence-electron chi connectivity index (χ2n) is 8.80. The number of hydrogen-bond acceptors (Lipinski definition) is 5. The maximum Gasteiger partial charge on any atom is 0.230 e. The first-order chi connectivity index (χ1) is 16.4. The number of aromatic nitrogens is 2. The number of nitrogens with one attached hydrogen (secondary N) is 2. The van der Waals surface area contributed by atoms with Gasteiger partial charge in [-0.1, -0.05) is 13.8 Å². The molecule has 1 aliphatic rings. The molecule has 2 heterocycles. The second kappa shape index (κ2) is 9.99. The normalized spacial score (nSPS) is 13.2. The number of rotatable bonds is 8. The summed E-state index contributed by atoms with van der Waals surface area (Å²) in [5.74, 6) is 2.40. The first-order valence-electron chi connectivity index (χ1n) is 11.4. The molecule has 178 valence electrons. The summed E-state index contributed by atoms with van der Waals surface area (Å²) < 4.78 is 10.7. The molecular formula is C26H30N4O4. The molecule has 3 aromatic rings. The predicted octanol–water partition coefficient (Wildman–Crippen LogP) is 4.16. The summed E-state index contributed by atoms with van der Waals surface area (Å²) in [5.41, 5.74) is 4.21. The number of amides is 2. The highest BCUT2D eigenvalue weighted by Gasteiger charge is 2.20. The van der Waals surface area contributed by atoms with Crippen LogP contribution in [-0.2, 0) is 22.4 Å². The molecule has 0 radical (unpaired) electrons. The highest BCUT2D eigenvalue weighted by molar-refractivity contribution is 5.93. The van der Waals surface area contributed by atoms with Crippen LogP contribution in [0.15, 0.2) is 36.5 Å². The Labute approximate surface area is 199 Å². The van der Waals surface area contributed by atoms with E-state index in [4.69, 9.17) is 9.47 Å². The SMILES string of the molecule is COc1cc2c(cc1OC)CC(=O)N(CCC(=O)Nc1ccc3nc(CC(C)C)[nH]c3c1)C=C2. The van der Waals surface area contributed by atoms with Gasteiger partial charge in [0.2, 0.25) is 11.8 Å². The van der Waals surface area contributed by atoms with Gasteiger partial charge in [-0.2, -0.15) is 0 Å². The van der Waals surface area contributed by atoms with Crippen LogP contribution in [0, 0.1) is 5.92 Å². The van der Waals surface area contributed by atoms with E-state index in [2.05, 4.69) is 29.1 Å². The van der Waals surface area contributed by atoms with Crippen LogP contribution in [0.3, 0.4) is 0 Å². The molecule has 0 saturated heterocycles. The predicted molar refractivity (Wildman–Crippen MR) is 132 cm³/mol. The minimum Gasteiger partial charge on any atom is -0.493 e. The van der Waals surface area contributed by atoms with Crippen molar-refractivity contribution in [1.29, 1.82) is 0 Å². The molecule has 34 heavy (non-hydrogen) atoms. The van der Waals surface area contributed by atoms with Crippen molar-refractivity contribution in [3.63, 3.8) is 0 Å². The monoisotopic (exact) mass is 462 g/mol. The Morgan fingerprint density at radius 3 is 2.68 bits per heavy atom. The Bertz CT molecular complexity index is 1250. The van der Waals surface area contributed by atoms with E-state index in [1.165, 1.54) is 0 Å². The van der Waals surface area contributed by atoms with Gasteiger partial charge in [0, 0.05) is 31.3 Å². The summed E-state index contributed by atoms with van der Waals surface area (Å²) in [6, 6.07) is 9.30. The smallest absolute Gasteiger partial charge is 0.230 e. The van der Waals surface area contributed by atoms with E-state index in [0.717, 1.165) is 34.4 Å². The van der Waals surface area contributed by atoms with Crippen LogP contribution in [0.25, 0.3) is 17.1 Å². The summed E-state index contributed by atoms with van der Waals surface area (Å²) in [4.78, 5) is 34.9. The van der Waals surface area contributed by atoms with Gasteiger partial charge in [0.25, 0.3) is 0 Å². The van der Waals surface area contributed by atoms with Crippen molar-refractivity contribution in [2.75, 3.05) is 26.1 Å². The van der Waals surface area contributed by atoms with E-state index in [1.807, 2.05) is 36.4 Å². The molecule has 1 aliphatic heterocycles. The molecule has 0 unspecified atom stereocenters. The summed E-state index contributed by atoms with van der Waals surface area (Å²) in [5, 5.41) is 2.92. The van der Waals surface area contributed by atoms with Crippen LogP contribution in [0.1, 0.15) is 37.2 Å². The quantitative estimate of drug-likeness (QED) is 0.524. The molecule has 2 amide bonds. The van der Waals surface area contributed by atoms with Gasteiger partial charge < -0.3 is 24.7 Å². The first-order valence-corrected chi connectivity index (χ1v) is 11.4. The summed E-state index contributed by atoms with van der Waals surface area (Å²) >= 11 is 0. The number of hydrogen-bond donors (Lipinski definition) is 2. The van der Waals surface area contributed by atoms with Crippen molar-refractivity contribution >= 4 is 34.6 Å². The number of methoxy groups -OCH3 is 2. The van der Waals surface area contributed by atoms with Crippen LogP contribution in [0.2, 0.25) is 0 Å². The third-order valence-electron chi connectivity index (χ3n) is 5.74. The largest absolute Gasteiger partial charge is 0.493 e. The number of aromatic amines is 1. The molecule has 0 aliphatic carbocycles. The van der Waals surface area contributed by atoms with Crippen molar-refractivity contribution in [2.45, 2.75) is 33.1 Å². The molecule has 2 N–H and O–H groups in total. The van der Waals surface area contributed by atoms with Crippen molar-refractivity contribution in [3.8, 4) is 11.5 Å². The van der Waals surface area contributed by atoms with Gasteiger partial charge in [0.1, 0.15) is 5.82 Å². The number of carbonyl (C=O) groups is 2. The molecular weight excluding hydrogens is 432 g/mol. The number of anilines is 1. The van der Waals surface area contributed by atoms with Gasteiger partial charge in [0.15, 0.2) is 11.5 Å². The Balaban J connectivity index is 1.38. The minimum absolute atomic E-state index is 0.0772. The van der Waals surface area contributed by atoms with E-state index < -0.39 is 0 Å². The summed E-state index contributed by atoms with van der Waals surface area (Å²) in [6.07, 6.45) is 4.86. The maximum absolute atomic E-state index is 12.8. The molecule has 0 spiro atoms. The minimum atomic E-state index is -0.160. The number of ether oxygens (including phenoxy) is 2. The Morgan fingerprint density at radius 1 is 1.18 bits per heavy atom. The van der Waals surface area contributed by atoms with E-state index in [0.29, 0.717) is 23.1 Å². The van der Waals surface area contributed by atoms with E-state index >= 15 is 0 Å². The molecule has 1 aromatic heterocycles. The van der Waals surface area contributed by atoms with Crippen LogP contribution in [0.5, 0.6) is 11.5 Å². The zero-order valence-electron chi connectivity index (χ0n) is 20.0. The standard InChI is InChI=1S/C26H30N4O4/c1-16(2)11-24-28-20-6-5-19(15-21(20)29-24)27-25(31)8-10-30-9-7-17-12-22(33-3)23(34-4)13-18(17)14-26(30)32/h5-7,9,12-13,15-16H,8,10-11,14H2,1-4H3,(H,27,31)(H,28,29). The van der Waals surface area contributed by atoms with Crippen LogP contribution >= 0.6 is 0 Å². The topological polar surface area (TPSA) is 96.6 Å². The fraction of sp³-hybridized carbons (Fsp3) is 0.346. The lowest BCUT2D eigenvalue weighted by Crippen LogP contribution is -2.29. The van der Waals surface area contributed by atoms with Crippen LogP contribution in [0.4, 0.5) is 5.69 Å². The highest BCUT2D eigenvalue weighted by atomic mass is 16.5. The van der Waals surface area contributed by atoms with Crippen molar-refractivity contribution < 1.29 is 19.1 Å². The summed E-state index contributed by atoms with van der Waals surface area (Å²) in [6.45, 7) is 4.58. The molecule has 0 saturated carbocycles. The number of fused-ring (bicyclic) bond motifs is 2. The second-order valence-corrected chi connectivity index (χ2v) is 8.80. The lowest BCUT2D eigenvalue weighted by atomic mass is 10.0.